The highest BCUT2D eigenvalue weighted by Crippen LogP contribution is 2.20. The fourth-order valence-corrected chi connectivity index (χ4v) is 3.35. The van der Waals surface area contributed by atoms with Gasteiger partial charge in [0.1, 0.15) is 0 Å². The maximum Gasteiger partial charge on any atom is 0.230 e. The Bertz CT molecular complexity index is 670. The number of thioether (sulfide) groups is 1. The summed E-state index contributed by atoms with van der Waals surface area (Å²) < 4.78 is 0. The minimum atomic E-state index is 0.0264. The maximum absolute atomic E-state index is 12.1. The molecule has 0 unspecified atom stereocenters. The zero-order valence-electron chi connectivity index (χ0n) is 13.7. The molecule has 0 fully saturated rings. The van der Waals surface area contributed by atoms with Gasteiger partial charge in [-0.05, 0) is 49.6 Å². The summed E-state index contributed by atoms with van der Waals surface area (Å²) in [6, 6.07) is 14.1. The van der Waals surface area contributed by atoms with E-state index in [9.17, 15) is 4.79 Å². The number of carbonyl (C=O) groups is 1. The van der Waals surface area contributed by atoms with E-state index in [2.05, 4.69) is 37.4 Å². The van der Waals surface area contributed by atoms with Crippen LogP contribution in [-0.4, -0.2) is 11.7 Å². The Morgan fingerprint density at radius 2 is 1.87 bits per heavy atom. The van der Waals surface area contributed by atoms with Crippen LogP contribution in [0.25, 0.3) is 0 Å². The summed E-state index contributed by atoms with van der Waals surface area (Å²) in [6.07, 6.45) is 0. The van der Waals surface area contributed by atoms with Gasteiger partial charge in [0.15, 0.2) is 0 Å². The number of rotatable bonds is 6. The van der Waals surface area contributed by atoms with Crippen molar-refractivity contribution in [2.45, 2.75) is 32.6 Å². The molecule has 0 bridgehead atoms. The monoisotopic (exact) mass is 347 g/mol. The van der Waals surface area contributed by atoms with Crippen molar-refractivity contribution in [2.75, 3.05) is 5.75 Å². The van der Waals surface area contributed by atoms with Crippen molar-refractivity contribution < 1.29 is 4.79 Å². The Kier molecular flexibility index (Phi) is 6.55. The molecule has 0 aliphatic rings. The first-order valence-electron chi connectivity index (χ1n) is 7.64. The highest BCUT2D eigenvalue weighted by atomic mass is 35.5. The molecule has 2 aromatic carbocycles. The SMILES string of the molecule is Cc1ccc(C)c([C@H](C)NC(=O)CSCc2ccc(Cl)cc2)c1. The Morgan fingerprint density at radius 3 is 2.57 bits per heavy atom. The molecule has 0 spiro atoms. The van der Waals surface area contributed by atoms with E-state index < -0.39 is 0 Å². The molecule has 0 heterocycles. The summed E-state index contributed by atoms with van der Waals surface area (Å²) in [6.45, 7) is 6.18. The molecule has 2 rings (SSSR count). The number of hydrogen-bond acceptors (Lipinski definition) is 2. The molecule has 0 saturated carbocycles. The average molecular weight is 348 g/mol. The Balaban J connectivity index is 1.82. The third-order valence-electron chi connectivity index (χ3n) is 3.69. The minimum absolute atomic E-state index is 0.0264. The first-order valence-corrected chi connectivity index (χ1v) is 9.17. The van der Waals surface area contributed by atoms with Crippen LogP contribution in [0.1, 0.15) is 35.2 Å². The fourth-order valence-electron chi connectivity index (χ4n) is 2.43. The van der Waals surface area contributed by atoms with Crippen LogP contribution in [0.4, 0.5) is 0 Å². The number of amides is 1. The normalized spacial score (nSPS) is 12.0. The van der Waals surface area contributed by atoms with Gasteiger partial charge in [0.2, 0.25) is 5.91 Å². The second kappa shape index (κ2) is 8.42. The van der Waals surface area contributed by atoms with Crippen molar-refractivity contribution in [3.8, 4) is 0 Å². The molecule has 0 aliphatic carbocycles. The van der Waals surface area contributed by atoms with Crippen LogP contribution < -0.4 is 5.32 Å². The van der Waals surface area contributed by atoms with Crippen LogP contribution in [-0.2, 0) is 10.5 Å². The molecule has 2 nitrogen and oxygen atoms in total. The van der Waals surface area contributed by atoms with E-state index in [1.807, 2.05) is 31.2 Å². The summed E-state index contributed by atoms with van der Waals surface area (Å²) >= 11 is 7.47. The van der Waals surface area contributed by atoms with Crippen molar-refractivity contribution >= 4 is 29.3 Å². The number of hydrogen-bond donors (Lipinski definition) is 1. The summed E-state index contributed by atoms with van der Waals surface area (Å²) in [5.74, 6) is 1.33. The Morgan fingerprint density at radius 1 is 1.17 bits per heavy atom. The zero-order valence-corrected chi connectivity index (χ0v) is 15.3. The van der Waals surface area contributed by atoms with Crippen LogP contribution >= 0.6 is 23.4 Å². The van der Waals surface area contributed by atoms with Gasteiger partial charge < -0.3 is 5.32 Å². The summed E-state index contributed by atoms with van der Waals surface area (Å²) in [7, 11) is 0. The molecular formula is C19H22ClNOS. The Hall–Kier alpha value is -1.45. The van der Waals surface area contributed by atoms with Gasteiger partial charge in [-0.1, -0.05) is 47.5 Å². The van der Waals surface area contributed by atoms with Gasteiger partial charge in [-0.3, -0.25) is 4.79 Å². The second-order valence-corrected chi connectivity index (χ2v) is 7.19. The lowest BCUT2D eigenvalue weighted by atomic mass is 10.00. The molecular weight excluding hydrogens is 326 g/mol. The first-order chi connectivity index (χ1) is 11.0. The zero-order chi connectivity index (χ0) is 16.8. The molecule has 1 N–H and O–H groups in total. The summed E-state index contributed by atoms with van der Waals surface area (Å²) in [5.41, 5.74) is 4.77. The lowest BCUT2D eigenvalue weighted by molar-refractivity contribution is -0.119. The molecule has 0 saturated heterocycles. The molecule has 122 valence electrons. The number of nitrogens with one attached hydrogen (secondary N) is 1. The average Bonchev–Trinajstić information content (AvgIpc) is 2.51. The van der Waals surface area contributed by atoms with Crippen molar-refractivity contribution in [1.29, 1.82) is 0 Å². The molecule has 4 heteroatoms. The van der Waals surface area contributed by atoms with Crippen molar-refractivity contribution in [2.24, 2.45) is 0 Å². The van der Waals surface area contributed by atoms with Gasteiger partial charge in [0.25, 0.3) is 0 Å². The van der Waals surface area contributed by atoms with Gasteiger partial charge >= 0.3 is 0 Å². The largest absolute Gasteiger partial charge is 0.349 e. The standard InChI is InChI=1S/C19H22ClNOS/c1-13-4-5-14(2)18(10-13)15(3)21-19(22)12-23-11-16-6-8-17(20)9-7-16/h4-10,15H,11-12H2,1-3H3,(H,21,22)/t15-/m0/s1. The first kappa shape index (κ1) is 17.9. The number of benzene rings is 2. The van der Waals surface area contributed by atoms with Crippen LogP contribution in [0.5, 0.6) is 0 Å². The van der Waals surface area contributed by atoms with Crippen LogP contribution in [0.3, 0.4) is 0 Å². The topological polar surface area (TPSA) is 29.1 Å². The molecule has 0 aliphatic heterocycles. The highest BCUT2D eigenvalue weighted by Gasteiger charge is 2.12. The predicted octanol–water partition coefficient (Wildman–Crippen LogP) is 5.07. The predicted molar refractivity (Wildman–Crippen MR) is 100 cm³/mol. The van der Waals surface area contributed by atoms with Gasteiger partial charge in [-0.25, -0.2) is 0 Å². The van der Waals surface area contributed by atoms with Gasteiger partial charge in [-0.2, -0.15) is 0 Å². The third kappa shape index (κ3) is 5.60. The maximum atomic E-state index is 12.1. The van der Waals surface area contributed by atoms with E-state index in [0.717, 1.165) is 10.8 Å². The van der Waals surface area contributed by atoms with Crippen molar-refractivity contribution in [3.63, 3.8) is 0 Å². The van der Waals surface area contributed by atoms with E-state index >= 15 is 0 Å². The third-order valence-corrected chi connectivity index (χ3v) is 4.95. The lowest BCUT2D eigenvalue weighted by Crippen LogP contribution is -2.28. The van der Waals surface area contributed by atoms with E-state index in [1.165, 1.54) is 22.3 Å². The molecule has 1 amide bonds. The van der Waals surface area contributed by atoms with Crippen LogP contribution in [0.15, 0.2) is 42.5 Å². The molecule has 1 atom stereocenters. The van der Waals surface area contributed by atoms with E-state index in [0.29, 0.717) is 5.75 Å². The van der Waals surface area contributed by atoms with Crippen LogP contribution in [0.2, 0.25) is 5.02 Å². The van der Waals surface area contributed by atoms with Crippen LogP contribution in [0, 0.1) is 13.8 Å². The molecule has 23 heavy (non-hydrogen) atoms. The summed E-state index contributed by atoms with van der Waals surface area (Å²) in [4.78, 5) is 12.1. The number of aryl methyl sites for hydroxylation is 2. The van der Waals surface area contributed by atoms with Gasteiger partial charge in [0, 0.05) is 10.8 Å². The van der Waals surface area contributed by atoms with E-state index in [-0.39, 0.29) is 11.9 Å². The molecule has 2 aromatic rings. The molecule has 0 aromatic heterocycles. The Labute approximate surface area is 147 Å². The summed E-state index contributed by atoms with van der Waals surface area (Å²) in [5, 5.41) is 3.81. The van der Waals surface area contributed by atoms with Gasteiger partial charge in [0.05, 0.1) is 11.8 Å². The van der Waals surface area contributed by atoms with Gasteiger partial charge in [-0.15, -0.1) is 11.8 Å². The van der Waals surface area contributed by atoms with E-state index in [1.54, 1.807) is 11.8 Å². The van der Waals surface area contributed by atoms with Crippen molar-refractivity contribution in [1.82, 2.24) is 5.32 Å². The fraction of sp³-hybridized carbons (Fsp3) is 0.316. The molecule has 0 radical (unpaired) electrons. The lowest BCUT2D eigenvalue weighted by Gasteiger charge is -2.17. The van der Waals surface area contributed by atoms with Crippen molar-refractivity contribution in [3.05, 3.63) is 69.7 Å². The van der Waals surface area contributed by atoms with E-state index in [4.69, 9.17) is 11.6 Å². The smallest absolute Gasteiger partial charge is 0.230 e. The number of carbonyl (C=O) groups excluding carboxylic acids is 1. The minimum Gasteiger partial charge on any atom is -0.349 e. The quantitative estimate of drug-likeness (QED) is 0.790. The highest BCUT2D eigenvalue weighted by molar-refractivity contribution is 7.99. The number of halogens is 1. The second-order valence-electron chi connectivity index (χ2n) is 5.77.